The molecule has 5 heteroatoms. The maximum atomic E-state index is 6.53. The number of hydrogen-bond acceptors (Lipinski definition) is 3. The lowest BCUT2D eigenvalue weighted by atomic mass is 9.48. The summed E-state index contributed by atoms with van der Waals surface area (Å²) in [6.07, 6.45) is 9.82. The van der Waals surface area contributed by atoms with Crippen molar-refractivity contribution in [2.24, 2.45) is 36.0 Å². The fourth-order valence-electron chi connectivity index (χ4n) is 5.84. The van der Waals surface area contributed by atoms with Gasteiger partial charge in [-0.2, -0.15) is 0 Å². The Labute approximate surface area is 128 Å². The molecule has 4 nitrogen and oxygen atoms in total. The summed E-state index contributed by atoms with van der Waals surface area (Å²) in [5, 5.41) is 8.15. The Morgan fingerprint density at radius 1 is 1.25 bits per heavy atom. The van der Waals surface area contributed by atoms with Crippen molar-refractivity contribution in [3.8, 4) is 0 Å². The molecule has 0 amide bonds. The number of nitrogens with two attached hydrogens (primary N) is 1. The predicted octanol–water partition coefficient (Wildman–Crippen LogP) is 3.18. The molecular weight excluding hydrogens is 316 g/mol. The topological polar surface area (TPSA) is 56.7 Å². The first kappa shape index (κ1) is 13.3. The Morgan fingerprint density at radius 2 is 1.80 bits per heavy atom. The van der Waals surface area contributed by atoms with E-state index in [0.717, 1.165) is 34.5 Å². The van der Waals surface area contributed by atoms with Crippen LogP contribution in [-0.4, -0.2) is 15.0 Å². The molecule has 0 spiro atoms. The number of rotatable bonds is 3. The van der Waals surface area contributed by atoms with E-state index in [-0.39, 0.29) is 6.04 Å². The molecular formula is C15H23BrN4. The predicted molar refractivity (Wildman–Crippen MR) is 80.9 cm³/mol. The molecule has 4 aliphatic rings. The maximum Gasteiger partial charge on any atom is 0.153 e. The van der Waals surface area contributed by atoms with E-state index in [1.165, 1.54) is 38.5 Å². The first-order valence-corrected chi connectivity index (χ1v) is 8.65. The highest BCUT2D eigenvalue weighted by atomic mass is 79.9. The monoisotopic (exact) mass is 338 g/mol. The van der Waals surface area contributed by atoms with Crippen molar-refractivity contribution in [1.29, 1.82) is 0 Å². The molecule has 4 aliphatic carbocycles. The van der Waals surface area contributed by atoms with Crippen LogP contribution in [0.15, 0.2) is 4.60 Å². The van der Waals surface area contributed by atoms with Gasteiger partial charge in [0.25, 0.3) is 0 Å². The molecule has 1 aromatic heterocycles. The van der Waals surface area contributed by atoms with Crippen LogP contribution >= 0.6 is 15.9 Å². The van der Waals surface area contributed by atoms with Crippen molar-refractivity contribution in [3.63, 3.8) is 0 Å². The molecule has 0 radical (unpaired) electrons. The number of hydrogen-bond donors (Lipinski definition) is 1. The van der Waals surface area contributed by atoms with Crippen LogP contribution in [-0.2, 0) is 7.05 Å². The van der Waals surface area contributed by atoms with E-state index in [9.17, 15) is 0 Å². The Morgan fingerprint density at radius 3 is 2.25 bits per heavy atom. The number of aryl methyl sites for hydroxylation is 1. The van der Waals surface area contributed by atoms with Gasteiger partial charge in [-0.25, -0.2) is 4.68 Å². The summed E-state index contributed by atoms with van der Waals surface area (Å²) in [6, 6.07) is 0.0561. The zero-order chi connectivity index (χ0) is 13.9. The Balaban J connectivity index is 1.57. The fourth-order valence-corrected chi connectivity index (χ4v) is 6.46. The Hall–Kier alpha value is -0.420. The molecule has 1 atom stereocenters. The maximum absolute atomic E-state index is 6.53. The van der Waals surface area contributed by atoms with Gasteiger partial charge in [-0.05, 0) is 84.0 Å². The average Bonchev–Trinajstić information content (AvgIpc) is 2.66. The molecule has 5 rings (SSSR count). The highest BCUT2D eigenvalue weighted by molar-refractivity contribution is 9.10. The first-order chi connectivity index (χ1) is 9.55. The van der Waals surface area contributed by atoms with E-state index >= 15 is 0 Å². The van der Waals surface area contributed by atoms with Gasteiger partial charge in [0.2, 0.25) is 0 Å². The van der Waals surface area contributed by atoms with Gasteiger partial charge in [0.15, 0.2) is 4.60 Å². The van der Waals surface area contributed by atoms with E-state index in [1.807, 2.05) is 11.7 Å². The summed E-state index contributed by atoms with van der Waals surface area (Å²) in [4.78, 5) is 0. The van der Waals surface area contributed by atoms with Gasteiger partial charge in [-0.3, -0.25) is 0 Å². The lowest BCUT2D eigenvalue weighted by molar-refractivity contribution is -0.0608. The molecule has 1 aromatic rings. The molecule has 1 unspecified atom stereocenters. The molecule has 4 bridgehead atoms. The molecule has 0 aliphatic heterocycles. The van der Waals surface area contributed by atoms with Crippen LogP contribution in [0.5, 0.6) is 0 Å². The summed E-state index contributed by atoms with van der Waals surface area (Å²) in [5.41, 5.74) is 8.10. The summed E-state index contributed by atoms with van der Waals surface area (Å²) in [7, 11) is 1.94. The van der Waals surface area contributed by atoms with Gasteiger partial charge < -0.3 is 5.73 Å². The minimum absolute atomic E-state index is 0.0561. The van der Waals surface area contributed by atoms with Gasteiger partial charge >= 0.3 is 0 Å². The molecule has 1 heterocycles. The summed E-state index contributed by atoms with van der Waals surface area (Å²) >= 11 is 3.49. The summed E-state index contributed by atoms with van der Waals surface area (Å²) < 4.78 is 2.65. The van der Waals surface area contributed by atoms with E-state index in [1.54, 1.807) is 0 Å². The van der Waals surface area contributed by atoms with Gasteiger partial charge in [-0.15, -0.1) is 5.10 Å². The van der Waals surface area contributed by atoms with Gasteiger partial charge in [-0.1, -0.05) is 5.21 Å². The lowest BCUT2D eigenvalue weighted by Gasteiger charge is -2.57. The van der Waals surface area contributed by atoms with Crippen LogP contribution in [0.2, 0.25) is 0 Å². The normalized spacial score (nSPS) is 40.2. The van der Waals surface area contributed by atoms with Crippen LogP contribution < -0.4 is 5.73 Å². The highest BCUT2D eigenvalue weighted by Gasteiger charge is 2.51. The largest absolute Gasteiger partial charge is 0.323 e. The Kier molecular flexibility index (Phi) is 3.01. The van der Waals surface area contributed by atoms with E-state index in [2.05, 4.69) is 26.2 Å². The van der Waals surface area contributed by atoms with Crippen molar-refractivity contribution in [2.45, 2.75) is 51.0 Å². The second-order valence-corrected chi connectivity index (χ2v) is 8.37. The third kappa shape index (κ3) is 2.05. The van der Waals surface area contributed by atoms with Crippen LogP contribution in [0.1, 0.15) is 56.7 Å². The van der Waals surface area contributed by atoms with Crippen LogP contribution in [0.3, 0.4) is 0 Å². The molecule has 0 saturated heterocycles. The fraction of sp³-hybridized carbons (Fsp3) is 0.867. The van der Waals surface area contributed by atoms with Crippen LogP contribution in [0.4, 0.5) is 0 Å². The van der Waals surface area contributed by atoms with Gasteiger partial charge in [0, 0.05) is 7.05 Å². The standard InChI is InChI=1S/C15H23BrN4/c1-20-13(14(16)18-19-20)12(17)8-15-5-9-2-10(6-15)4-11(3-9)7-15/h9-12H,2-8,17H2,1H3. The average molecular weight is 339 g/mol. The quantitative estimate of drug-likeness (QED) is 0.920. The molecule has 4 fully saturated rings. The number of halogens is 1. The van der Waals surface area contributed by atoms with Gasteiger partial charge in [0.1, 0.15) is 0 Å². The van der Waals surface area contributed by atoms with Crippen LogP contribution in [0.25, 0.3) is 0 Å². The third-order valence-corrected chi connectivity index (χ3v) is 6.56. The molecule has 20 heavy (non-hydrogen) atoms. The second-order valence-electron chi connectivity index (χ2n) is 7.62. The van der Waals surface area contributed by atoms with E-state index < -0.39 is 0 Å². The SMILES string of the molecule is Cn1nnc(Br)c1C(N)CC12CC3CC(CC(C3)C1)C2. The number of aromatic nitrogens is 3. The first-order valence-electron chi connectivity index (χ1n) is 7.85. The molecule has 0 aromatic carbocycles. The number of nitrogens with zero attached hydrogens (tertiary/aromatic N) is 3. The van der Waals surface area contributed by atoms with Crippen molar-refractivity contribution < 1.29 is 0 Å². The van der Waals surface area contributed by atoms with Crippen molar-refractivity contribution >= 4 is 15.9 Å². The lowest BCUT2D eigenvalue weighted by Crippen LogP contribution is -2.47. The zero-order valence-electron chi connectivity index (χ0n) is 12.1. The molecule has 4 saturated carbocycles. The minimum Gasteiger partial charge on any atom is -0.323 e. The zero-order valence-corrected chi connectivity index (χ0v) is 13.6. The molecule has 110 valence electrons. The van der Waals surface area contributed by atoms with Crippen LogP contribution in [0, 0.1) is 23.2 Å². The Bertz CT molecular complexity index is 469. The van der Waals surface area contributed by atoms with E-state index in [4.69, 9.17) is 5.73 Å². The minimum atomic E-state index is 0.0561. The molecule has 2 N–H and O–H groups in total. The van der Waals surface area contributed by atoms with Crippen molar-refractivity contribution in [3.05, 3.63) is 10.3 Å². The van der Waals surface area contributed by atoms with Gasteiger partial charge in [0.05, 0.1) is 11.7 Å². The summed E-state index contributed by atoms with van der Waals surface area (Å²) in [6.45, 7) is 0. The van der Waals surface area contributed by atoms with E-state index in [0.29, 0.717) is 5.41 Å². The second kappa shape index (κ2) is 4.54. The van der Waals surface area contributed by atoms with Crippen molar-refractivity contribution in [1.82, 2.24) is 15.0 Å². The summed E-state index contributed by atoms with van der Waals surface area (Å²) in [5.74, 6) is 2.96. The smallest absolute Gasteiger partial charge is 0.153 e. The van der Waals surface area contributed by atoms with Crippen molar-refractivity contribution in [2.75, 3.05) is 0 Å². The third-order valence-electron chi connectivity index (χ3n) is 6.00. The highest BCUT2D eigenvalue weighted by Crippen LogP contribution is 2.62.